The fourth-order valence-electron chi connectivity index (χ4n) is 1.41. The normalized spacial score (nSPS) is 10.1. The molecule has 0 unspecified atom stereocenters. The van der Waals surface area contributed by atoms with Crippen molar-refractivity contribution in [1.29, 1.82) is 0 Å². The third kappa shape index (κ3) is 2.82. The van der Waals surface area contributed by atoms with Gasteiger partial charge in [-0.15, -0.1) is 0 Å². The average Bonchev–Trinajstić information content (AvgIpc) is 2.38. The van der Waals surface area contributed by atoms with Crippen LogP contribution in [0.4, 0.5) is 4.39 Å². The molecule has 1 aromatic carbocycles. The van der Waals surface area contributed by atoms with E-state index >= 15 is 0 Å². The lowest BCUT2D eigenvalue weighted by molar-refractivity contribution is 0.1000. The van der Waals surface area contributed by atoms with Gasteiger partial charge in [0.15, 0.2) is 5.75 Å². The smallest absolute Gasteiger partial charge is 0.255 e. The highest BCUT2D eigenvalue weighted by Gasteiger charge is 2.04. The Kier molecular flexibility index (Phi) is 3.52. The number of halogens is 1. The van der Waals surface area contributed by atoms with Gasteiger partial charge in [0.05, 0.1) is 0 Å². The van der Waals surface area contributed by atoms with E-state index in [1.807, 2.05) is 0 Å². The molecule has 1 amide bonds. The second kappa shape index (κ2) is 5.27. The molecule has 0 atom stereocenters. The van der Waals surface area contributed by atoms with Crippen LogP contribution in [0.3, 0.4) is 0 Å². The van der Waals surface area contributed by atoms with Gasteiger partial charge in [-0.05, 0) is 29.8 Å². The van der Waals surface area contributed by atoms with E-state index in [-0.39, 0.29) is 12.4 Å². The number of rotatable bonds is 4. The summed E-state index contributed by atoms with van der Waals surface area (Å²) in [5.41, 5.74) is 6.35. The molecule has 0 saturated heterocycles. The minimum atomic E-state index is -0.647. The molecule has 0 bridgehead atoms. The van der Waals surface area contributed by atoms with Gasteiger partial charge in [0.25, 0.3) is 5.95 Å². The maximum absolute atomic E-state index is 13.2. The van der Waals surface area contributed by atoms with Crippen molar-refractivity contribution in [3.05, 3.63) is 59.7 Å². The van der Waals surface area contributed by atoms with Gasteiger partial charge in [0.1, 0.15) is 6.61 Å². The highest BCUT2D eigenvalue weighted by Crippen LogP contribution is 2.15. The first-order valence-corrected chi connectivity index (χ1v) is 5.29. The molecule has 92 valence electrons. The Morgan fingerprint density at radius 3 is 2.61 bits per heavy atom. The lowest BCUT2D eigenvalue weighted by Gasteiger charge is -2.06. The zero-order valence-corrected chi connectivity index (χ0v) is 9.47. The Labute approximate surface area is 103 Å². The van der Waals surface area contributed by atoms with Gasteiger partial charge in [0, 0.05) is 11.8 Å². The Bertz CT molecular complexity index is 555. The number of carbonyl (C=O) groups is 1. The number of ether oxygens (including phenoxy) is 1. The molecular weight excluding hydrogens is 235 g/mol. The molecule has 2 N–H and O–H groups in total. The summed E-state index contributed by atoms with van der Waals surface area (Å²) in [5, 5.41) is 0. The highest BCUT2D eigenvalue weighted by molar-refractivity contribution is 5.92. The number of amides is 1. The van der Waals surface area contributed by atoms with Gasteiger partial charge < -0.3 is 10.5 Å². The third-order valence-electron chi connectivity index (χ3n) is 2.36. The van der Waals surface area contributed by atoms with Crippen molar-refractivity contribution in [2.45, 2.75) is 6.61 Å². The maximum Gasteiger partial charge on any atom is 0.255 e. The van der Waals surface area contributed by atoms with Crippen molar-refractivity contribution in [2.75, 3.05) is 0 Å². The van der Waals surface area contributed by atoms with E-state index in [4.69, 9.17) is 10.5 Å². The number of aromatic nitrogens is 1. The number of nitrogens with zero attached hydrogens (tertiary/aromatic N) is 1. The second-order valence-corrected chi connectivity index (χ2v) is 3.64. The molecule has 0 radical (unpaired) electrons. The van der Waals surface area contributed by atoms with Gasteiger partial charge in [0.2, 0.25) is 5.91 Å². The van der Waals surface area contributed by atoms with Crippen LogP contribution in [-0.2, 0) is 6.61 Å². The lowest BCUT2D eigenvalue weighted by atomic mass is 10.1. The van der Waals surface area contributed by atoms with Crippen molar-refractivity contribution in [1.82, 2.24) is 4.98 Å². The number of carbonyl (C=O) groups excluding carboxylic acids is 1. The van der Waals surface area contributed by atoms with Crippen LogP contribution in [0, 0.1) is 5.95 Å². The maximum atomic E-state index is 13.2. The van der Waals surface area contributed by atoms with E-state index in [0.717, 1.165) is 5.56 Å². The van der Waals surface area contributed by atoms with Crippen LogP contribution < -0.4 is 10.5 Å². The van der Waals surface area contributed by atoms with Crippen LogP contribution in [0.2, 0.25) is 0 Å². The van der Waals surface area contributed by atoms with Gasteiger partial charge in [-0.3, -0.25) is 4.79 Å². The summed E-state index contributed by atoms with van der Waals surface area (Å²) in [4.78, 5) is 14.3. The Hall–Kier alpha value is -2.43. The zero-order chi connectivity index (χ0) is 13.0. The first kappa shape index (κ1) is 12.0. The Morgan fingerprint density at radius 1 is 1.28 bits per heavy atom. The van der Waals surface area contributed by atoms with E-state index in [9.17, 15) is 9.18 Å². The molecule has 4 nitrogen and oxygen atoms in total. The van der Waals surface area contributed by atoms with Crippen LogP contribution >= 0.6 is 0 Å². The molecule has 2 aromatic rings. The molecule has 0 aliphatic carbocycles. The summed E-state index contributed by atoms with van der Waals surface area (Å²) in [6.45, 7) is 0.196. The number of hydrogen-bond donors (Lipinski definition) is 1. The molecule has 0 fully saturated rings. The van der Waals surface area contributed by atoms with Crippen LogP contribution in [-0.4, -0.2) is 10.9 Å². The quantitative estimate of drug-likeness (QED) is 0.838. The van der Waals surface area contributed by atoms with Crippen molar-refractivity contribution >= 4 is 5.91 Å². The summed E-state index contributed by atoms with van der Waals surface area (Å²) >= 11 is 0. The van der Waals surface area contributed by atoms with E-state index in [1.54, 1.807) is 30.3 Å². The standard InChI is InChI=1S/C13H11FN2O2/c14-12-11(2-1-7-16-12)18-8-9-3-5-10(6-4-9)13(15)17/h1-7H,8H2,(H2,15,17). The summed E-state index contributed by atoms with van der Waals surface area (Å²) in [6.07, 6.45) is 1.35. The molecule has 0 aliphatic heterocycles. The van der Waals surface area contributed by atoms with Crippen molar-refractivity contribution in [3.8, 4) is 5.75 Å². The largest absolute Gasteiger partial charge is 0.484 e. The van der Waals surface area contributed by atoms with E-state index in [0.29, 0.717) is 5.56 Å². The van der Waals surface area contributed by atoms with Crippen LogP contribution in [0.15, 0.2) is 42.6 Å². The summed E-state index contributed by atoms with van der Waals surface area (Å²) in [7, 11) is 0. The van der Waals surface area contributed by atoms with Crippen molar-refractivity contribution in [2.24, 2.45) is 5.73 Å². The summed E-state index contributed by atoms with van der Waals surface area (Å²) < 4.78 is 18.4. The van der Waals surface area contributed by atoms with E-state index in [2.05, 4.69) is 4.98 Å². The SMILES string of the molecule is NC(=O)c1ccc(COc2cccnc2F)cc1. The molecule has 0 saturated carbocycles. The minimum absolute atomic E-state index is 0.0940. The minimum Gasteiger partial charge on any atom is -0.484 e. The van der Waals surface area contributed by atoms with E-state index in [1.165, 1.54) is 12.3 Å². The predicted octanol–water partition coefficient (Wildman–Crippen LogP) is 1.90. The number of nitrogens with two attached hydrogens (primary N) is 1. The first-order valence-electron chi connectivity index (χ1n) is 5.29. The first-order chi connectivity index (χ1) is 8.66. The molecule has 5 heteroatoms. The second-order valence-electron chi connectivity index (χ2n) is 3.64. The number of pyridine rings is 1. The average molecular weight is 246 g/mol. The monoisotopic (exact) mass is 246 g/mol. The van der Waals surface area contributed by atoms with Crippen LogP contribution in [0.5, 0.6) is 5.75 Å². The number of primary amides is 1. The zero-order valence-electron chi connectivity index (χ0n) is 9.47. The van der Waals surface area contributed by atoms with Gasteiger partial charge in [-0.2, -0.15) is 4.39 Å². The fourth-order valence-corrected chi connectivity index (χ4v) is 1.41. The van der Waals surface area contributed by atoms with Crippen molar-refractivity contribution < 1.29 is 13.9 Å². The molecule has 0 spiro atoms. The topological polar surface area (TPSA) is 65.2 Å². The third-order valence-corrected chi connectivity index (χ3v) is 2.36. The molecule has 18 heavy (non-hydrogen) atoms. The molecule has 1 aromatic heterocycles. The van der Waals surface area contributed by atoms with Gasteiger partial charge >= 0.3 is 0 Å². The number of hydrogen-bond acceptors (Lipinski definition) is 3. The molecule has 1 heterocycles. The molecule has 2 rings (SSSR count). The van der Waals surface area contributed by atoms with Crippen LogP contribution in [0.25, 0.3) is 0 Å². The highest BCUT2D eigenvalue weighted by atomic mass is 19.1. The molecule has 0 aliphatic rings. The summed E-state index contributed by atoms with van der Waals surface area (Å²) in [6, 6.07) is 9.69. The van der Waals surface area contributed by atoms with Crippen molar-refractivity contribution in [3.63, 3.8) is 0 Å². The Balaban J connectivity index is 2.02. The van der Waals surface area contributed by atoms with E-state index < -0.39 is 11.9 Å². The van der Waals surface area contributed by atoms with Gasteiger partial charge in [-0.25, -0.2) is 4.98 Å². The predicted molar refractivity (Wildman–Crippen MR) is 63.5 cm³/mol. The fraction of sp³-hybridized carbons (Fsp3) is 0.0769. The summed E-state index contributed by atoms with van der Waals surface area (Å²) in [5.74, 6) is -1.04. The Morgan fingerprint density at radius 2 is 2.00 bits per heavy atom. The van der Waals surface area contributed by atoms with Gasteiger partial charge in [-0.1, -0.05) is 12.1 Å². The molecular formula is C13H11FN2O2. The lowest BCUT2D eigenvalue weighted by Crippen LogP contribution is -2.10. The van der Waals surface area contributed by atoms with Crippen LogP contribution in [0.1, 0.15) is 15.9 Å². The number of benzene rings is 1.